The summed E-state index contributed by atoms with van der Waals surface area (Å²) >= 11 is 0. The van der Waals surface area contributed by atoms with E-state index < -0.39 is 0 Å². The molecule has 1 rings (SSSR count). The Labute approximate surface area is 56.4 Å². The maximum Gasteiger partial charge on any atom is 0.235 e. The highest BCUT2D eigenvalue weighted by Crippen LogP contribution is 2.06. The highest BCUT2D eigenvalue weighted by atomic mass is 16.1. The number of tetrazole rings is 1. The van der Waals surface area contributed by atoms with Crippen LogP contribution in [0, 0.1) is 0 Å². The van der Waals surface area contributed by atoms with E-state index in [1.54, 1.807) is 6.92 Å². The molecular weight excluding hydrogens is 134 g/mol. The molecule has 0 bridgehead atoms. The Morgan fingerprint density at radius 1 is 1.80 bits per heavy atom. The molecule has 6 heteroatoms. The van der Waals surface area contributed by atoms with E-state index in [1.165, 1.54) is 6.08 Å². The van der Waals surface area contributed by atoms with Gasteiger partial charge in [-0.3, -0.25) is 0 Å². The molecular formula is C4H5N5O. The standard InChI is InChI=1S/C4H5N5O/c1-3(5-2-10)4-6-8-9-7-4/h3H,1H3,(H,6,7,8,9). The molecule has 0 amide bonds. The minimum absolute atomic E-state index is 0.365. The zero-order chi connectivity index (χ0) is 7.40. The molecule has 0 radical (unpaired) electrons. The Bertz CT molecular complexity index is 236. The molecule has 1 heterocycles. The summed E-state index contributed by atoms with van der Waals surface area (Å²) in [5.41, 5.74) is 0. The Morgan fingerprint density at radius 2 is 2.60 bits per heavy atom. The summed E-state index contributed by atoms with van der Waals surface area (Å²) in [5, 5.41) is 12.8. The largest absolute Gasteiger partial charge is 0.235 e. The van der Waals surface area contributed by atoms with Crippen LogP contribution in [-0.4, -0.2) is 26.7 Å². The molecule has 0 aliphatic rings. The maximum absolute atomic E-state index is 9.73. The third kappa shape index (κ3) is 1.24. The van der Waals surface area contributed by atoms with Gasteiger partial charge in [0.05, 0.1) is 0 Å². The second-order valence-corrected chi connectivity index (χ2v) is 1.67. The molecule has 0 aromatic carbocycles. The molecule has 10 heavy (non-hydrogen) atoms. The number of aromatic nitrogens is 4. The molecule has 1 aromatic rings. The zero-order valence-corrected chi connectivity index (χ0v) is 5.27. The summed E-state index contributed by atoms with van der Waals surface area (Å²) in [7, 11) is 0. The summed E-state index contributed by atoms with van der Waals surface area (Å²) < 4.78 is 0. The number of hydrogen-bond acceptors (Lipinski definition) is 5. The van der Waals surface area contributed by atoms with Crippen LogP contribution in [0.15, 0.2) is 4.99 Å². The molecule has 1 aromatic heterocycles. The van der Waals surface area contributed by atoms with Crippen LogP contribution in [0.25, 0.3) is 0 Å². The van der Waals surface area contributed by atoms with Gasteiger partial charge >= 0.3 is 0 Å². The van der Waals surface area contributed by atoms with Crippen LogP contribution in [-0.2, 0) is 4.79 Å². The van der Waals surface area contributed by atoms with Gasteiger partial charge in [0.15, 0.2) is 5.82 Å². The monoisotopic (exact) mass is 139 g/mol. The molecule has 0 saturated heterocycles. The lowest BCUT2D eigenvalue weighted by Crippen LogP contribution is -1.91. The maximum atomic E-state index is 9.73. The van der Waals surface area contributed by atoms with Crippen molar-refractivity contribution in [1.29, 1.82) is 0 Å². The third-order valence-electron chi connectivity index (χ3n) is 0.982. The Kier molecular flexibility index (Phi) is 1.86. The van der Waals surface area contributed by atoms with Crippen molar-refractivity contribution in [2.75, 3.05) is 0 Å². The lowest BCUT2D eigenvalue weighted by Gasteiger charge is -1.91. The van der Waals surface area contributed by atoms with Crippen molar-refractivity contribution in [2.24, 2.45) is 4.99 Å². The van der Waals surface area contributed by atoms with E-state index in [-0.39, 0.29) is 6.04 Å². The summed E-state index contributed by atoms with van der Waals surface area (Å²) in [5.74, 6) is 0.392. The van der Waals surface area contributed by atoms with Crippen LogP contribution < -0.4 is 0 Å². The summed E-state index contributed by atoms with van der Waals surface area (Å²) in [6.07, 6.45) is 1.41. The Balaban J connectivity index is 2.76. The number of hydrogen-bond donors (Lipinski definition) is 1. The number of nitrogens with zero attached hydrogens (tertiary/aromatic N) is 4. The van der Waals surface area contributed by atoms with Gasteiger partial charge in [0.25, 0.3) is 0 Å². The quantitative estimate of drug-likeness (QED) is 0.446. The normalized spacial score (nSPS) is 12.1. The first-order valence-corrected chi connectivity index (χ1v) is 2.65. The van der Waals surface area contributed by atoms with Gasteiger partial charge in [0, 0.05) is 0 Å². The first-order valence-electron chi connectivity index (χ1n) is 2.65. The minimum Gasteiger partial charge on any atom is -0.211 e. The number of rotatable bonds is 2. The van der Waals surface area contributed by atoms with E-state index in [0.29, 0.717) is 5.82 Å². The van der Waals surface area contributed by atoms with Gasteiger partial charge in [0.2, 0.25) is 6.08 Å². The SMILES string of the molecule is CC(N=C=O)c1nn[nH]n1. The van der Waals surface area contributed by atoms with Crippen LogP contribution >= 0.6 is 0 Å². The average Bonchev–Trinajstić information content (AvgIpc) is 2.38. The zero-order valence-electron chi connectivity index (χ0n) is 5.27. The highest BCUT2D eigenvalue weighted by molar-refractivity contribution is 5.33. The molecule has 1 N–H and O–H groups in total. The number of carbonyl (C=O) groups excluding carboxylic acids is 1. The first kappa shape index (κ1) is 6.57. The molecule has 0 aliphatic heterocycles. The van der Waals surface area contributed by atoms with Crippen LogP contribution in [0.4, 0.5) is 0 Å². The van der Waals surface area contributed by atoms with Gasteiger partial charge in [0.1, 0.15) is 6.04 Å². The third-order valence-corrected chi connectivity index (χ3v) is 0.982. The van der Waals surface area contributed by atoms with Gasteiger partial charge in [-0.2, -0.15) is 10.2 Å². The molecule has 52 valence electrons. The van der Waals surface area contributed by atoms with Crippen molar-refractivity contribution >= 4 is 6.08 Å². The van der Waals surface area contributed by atoms with Crippen molar-refractivity contribution in [3.05, 3.63) is 5.82 Å². The van der Waals surface area contributed by atoms with Crippen LogP contribution in [0.2, 0.25) is 0 Å². The Morgan fingerprint density at radius 3 is 3.10 bits per heavy atom. The molecule has 0 saturated carbocycles. The number of aliphatic imine (C=N–C) groups is 1. The number of isocyanates is 1. The molecule has 0 spiro atoms. The van der Waals surface area contributed by atoms with Crippen molar-refractivity contribution < 1.29 is 4.79 Å². The Hall–Kier alpha value is -1.55. The summed E-state index contributed by atoms with van der Waals surface area (Å²) in [6.45, 7) is 1.68. The summed E-state index contributed by atoms with van der Waals surface area (Å²) in [4.78, 5) is 13.1. The van der Waals surface area contributed by atoms with E-state index in [9.17, 15) is 4.79 Å². The smallest absolute Gasteiger partial charge is 0.211 e. The average molecular weight is 139 g/mol. The van der Waals surface area contributed by atoms with Crippen LogP contribution in [0.1, 0.15) is 18.8 Å². The lowest BCUT2D eigenvalue weighted by molar-refractivity contribution is 0.558. The van der Waals surface area contributed by atoms with Crippen LogP contribution in [0.3, 0.4) is 0 Å². The van der Waals surface area contributed by atoms with Gasteiger partial charge in [-0.25, -0.2) is 4.79 Å². The molecule has 1 unspecified atom stereocenters. The fourth-order valence-corrected chi connectivity index (χ4v) is 0.483. The van der Waals surface area contributed by atoms with Gasteiger partial charge in [-0.05, 0) is 6.92 Å². The summed E-state index contributed by atoms with van der Waals surface area (Å²) in [6, 6.07) is -0.365. The van der Waals surface area contributed by atoms with E-state index in [0.717, 1.165) is 0 Å². The topological polar surface area (TPSA) is 83.9 Å². The molecule has 0 aliphatic carbocycles. The number of aromatic amines is 1. The fraction of sp³-hybridized carbons (Fsp3) is 0.500. The van der Waals surface area contributed by atoms with Crippen LogP contribution in [0.5, 0.6) is 0 Å². The molecule has 1 atom stereocenters. The van der Waals surface area contributed by atoms with E-state index in [4.69, 9.17) is 0 Å². The lowest BCUT2D eigenvalue weighted by atomic mass is 10.3. The second-order valence-electron chi connectivity index (χ2n) is 1.67. The molecule has 6 nitrogen and oxygen atoms in total. The van der Waals surface area contributed by atoms with E-state index in [1.807, 2.05) is 0 Å². The number of H-pyrrole nitrogens is 1. The molecule has 0 fully saturated rings. The van der Waals surface area contributed by atoms with E-state index in [2.05, 4.69) is 25.6 Å². The predicted octanol–water partition coefficient (Wildman–Crippen LogP) is -0.404. The number of nitrogens with one attached hydrogen (secondary N) is 1. The predicted molar refractivity (Wildman–Crippen MR) is 30.7 cm³/mol. The first-order chi connectivity index (χ1) is 4.84. The van der Waals surface area contributed by atoms with Gasteiger partial charge < -0.3 is 0 Å². The second kappa shape index (κ2) is 2.84. The van der Waals surface area contributed by atoms with Crippen molar-refractivity contribution in [3.8, 4) is 0 Å². The van der Waals surface area contributed by atoms with E-state index >= 15 is 0 Å². The minimum atomic E-state index is -0.365. The fourth-order valence-electron chi connectivity index (χ4n) is 0.483. The van der Waals surface area contributed by atoms with Crippen molar-refractivity contribution in [1.82, 2.24) is 20.6 Å². The highest BCUT2D eigenvalue weighted by Gasteiger charge is 2.06. The van der Waals surface area contributed by atoms with Crippen molar-refractivity contribution in [2.45, 2.75) is 13.0 Å². The van der Waals surface area contributed by atoms with Gasteiger partial charge in [-0.1, -0.05) is 5.21 Å². The van der Waals surface area contributed by atoms with Gasteiger partial charge in [-0.15, -0.1) is 10.2 Å². The van der Waals surface area contributed by atoms with Crippen molar-refractivity contribution in [3.63, 3.8) is 0 Å².